The first kappa shape index (κ1) is 9.78. The average Bonchev–Trinajstić information content (AvgIpc) is 2.12. The van der Waals surface area contributed by atoms with E-state index in [0.29, 0.717) is 5.92 Å². The molecule has 0 heterocycles. The van der Waals surface area contributed by atoms with Crippen LogP contribution in [0.1, 0.15) is 44.9 Å². The van der Waals surface area contributed by atoms with Crippen LogP contribution in [0.25, 0.3) is 0 Å². The number of fused-ring (bicyclic) bond motifs is 4. The zero-order valence-electron chi connectivity index (χ0n) is 8.52. The van der Waals surface area contributed by atoms with Gasteiger partial charge in [0.05, 0.1) is 0 Å². The summed E-state index contributed by atoms with van der Waals surface area (Å²) >= 11 is 12.9. The van der Waals surface area contributed by atoms with Gasteiger partial charge in [-0.3, -0.25) is 0 Å². The van der Waals surface area contributed by atoms with E-state index < -0.39 is 0 Å². The largest absolute Gasteiger partial charge is 0.121 e. The number of halogens is 2. The second-order valence-electron chi connectivity index (χ2n) is 5.46. The molecular formula is C12H18Cl2. The van der Waals surface area contributed by atoms with Crippen LogP contribution in [0.4, 0.5) is 0 Å². The Labute approximate surface area is 96.3 Å². The van der Waals surface area contributed by atoms with Crippen LogP contribution in [0.5, 0.6) is 0 Å². The summed E-state index contributed by atoms with van der Waals surface area (Å²) in [6.07, 6.45) is 9.38. The maximum absolute atomic E-state index is 6.45. The number of hydrogen-bond donors (Lipinski definition) is 0. The molecule has 0 amide bonds. The summed E-state index contributed by atoms with van der Waals surface area (Å²) in [5.74, 6) is 3.39. The monoisotopic (exact) mass is 232 g/mol. The molecule has 0 aromatic heterocycles. The summed E-state index contributed by atoms with van der Waals surface area (Å²) < 4.78 is -0.374. The van der Waals surface area contributed by atoms with Gasteiger partial charge >= 0.3 is 0 Å². The van der Waals surface area contributed by atoms with Crippen molar-refractivity contribution in [1.82, 2.24) is 0 Å². The van der Waals surface area contributed by atoms with Crippen molar-refractivity contribution < 1.29 is 0 Å². The molecule has 0 aromatic carbocycles. The zero-order chi connectivity index (χ0) is 9.76. The highest BCUT2D eigenvalue weighted by Crippen LogP contribution is 2.64. The van der Waals surface area contributed by atoms with E-state index in [0.717, 1.165) is 24.2 Å². The summed E-state index contributed by atoms with van der Waals surface area (Å²) in [4.78, 5) is 0. The molecule has 0 spiro atoms. The van der Waals surface area contributed by atoms with Gasteiger partial charge in [0.1, 0.15) is 4.33 Å². The molecule has 3 rings (SSSR count). The molecule has 3 saturated carbocycles. The van der Waals surface area contributed by atoms with E-state index in [1.165, 1.54) is 38.5 Å². The van der Waals surface area contributed by atoms with E-state index in [2.05, 4.69) is 0 Å². The quantitative estimate of drug-likeness (QED) is 0.544. The average molecular weight is 233 g/mol. The molecule has 80 valence electrons. The fourth-order valence-electron chi connectivity index (χ4n) is 4.36. The van der Waals surface area contributed by atoms with Crippen molar-refractivity contribution in [3.8, 4) is 0 Å². The highest BCUT2D eigenvalue weighted by molar-refractivity contribution is 6.48. The molecule has 3 aliphatic rings. The highest BCUT2D eigenvalue weighted by atomic mass is 35.5. The number of alkyl halides is 2. The van der Waals surface area contributed by atoms with Crippen LogP contribution in [0.15, 0.2) is 0 Å². The minimum absolute atomic E-state index is 0.374. The summed E-state index contributed by atoms with van der Waals surface area (Å²) in [5, 5.41) is 0. The lowest BCUT2D eigenvalue weighted by Gasteiger charge is -2.61. The topological polar surface area (TPSA) is 0 Å². The van der Waals surface area contributed by atoms with Crippen LogP contribution in [-0.4, -0.2) is 4.33 Å². The van der Waals surface area contributed by atoms with Crippen LogP contribution in [0.2, 0.25) is 0 Å². The van der Waals surface area contributed by atoms with Crippen molar-refractivity contribution in [2.45, 2.75) is 49.3 Å². The maximum atomic E-state index is 6.45. The third-order valence-electron chi connectivity index (χ3n) is 4.88. The minimum atomic E-state index is -0.374. The number of hydrogen-bond acceptors (Lipinski definition) is 0. The van der Waals surface area contributed by atoms with E-state index in [4.69, 9.17) is 23.2 Å². The molecule has 0 saturated heterocycles. The zero-order valence-corrected chi connectivity index (χ0v) is 10.0. The van der Waals surface area contributed by atoms with Gasteiger partial charge in [-0.15, -0.1) is 23.2 Å². The number of rotatable bonds is 0. The van der Waals surface area contributed by atoms with Gasteiger partial charge in [0, 0.05) is 0 Å². The van der Waals surface area contributed by atoms with Crippen molar-refractivity contribution in [3.63, 3.8) is 0 Å². The van der Waals surface area contributed by atoms with E-state index in [1.54, 1.807) is 0 Å². The standard InChI is InChI=1S/C12H18Cl2/c13-12(14)7-3-6-10-8-4-1-2-5-9(8)11(10)12/h8-11H,1-7H2. The molecule has 0 N–H and O–H groups in total. The summed E-state index contributed by atoms with van der Waals surface area (Å²) in [5.41, 5.74) is 0. The van der Waals surface area contributed by atoms with Crippen LogP contribution >= 0.6 is 23.2 Å². The lowest BCUT2D eigenvalue weighted by Crippen LogP contribution is -2.57. The summed E-state index contributed by atoms with van der Waals surface area (Å²) in [6, 6.07) is 0. The summed E-state index contributed by atoms with van der Waals surface area (Å²) in [7, 11) is 0. The van der Waals surface area contributed by atoms with Gasteiger partial charge in [-0.05, 0) is 49.4 Å². The van der Waals surface area contributed by atoms with Crippen LogP contribution in [0.3, 0.4) is 0 Å². The van der Waals surface area contributed by atoms with Gasteiger partial charge in [0.15, 0.2) is 0 Å². The normalized spacial score (nSPS) is 50.1. The van der Waals surface area contributed by atoms with Crippen molar-refractivity contribution in [2.24, 2.45) is 23.7 Å². The third-order valence-corrected chi connectivity index (χ3v) is 5.76. The van der Waals surface area contributed by atoms with Crippen molar-refractivity contribution >= 4 is 23.2 Å². The molecule has 4 unspecified atom stereocenters. The fraction of sp³-hybridized carbons (Fsp3) is 1.00. The Bertz CT molecular complexity index is 226. The third kappa shape index (κ3) is 1.26. The molecule has 0 aromatic rings. The predicted molar refractivity (Wildman–Crippen MR) is 60.7 cm³/mol. The predicted octanol–water partition coefficient (Wildman–Crippen LogP) is 4.40. The fourth-order valence-corrected chi connectivity index (χ4v) is 5.28. The highest BCUT2D eigenvalue weighted by Gasteiger charge is 2.59. The first-order chi connectivity index (χ1) is 6.70. The van der Waals surface area contributed by atoms with Crippen molar-refractivity contribution in [2.75, 3.05) is 0 Å². The van der Waals surface area contributed by atoms with Crippen LogP contribution in [0, 0.1) is 23.7 Å². The lowest BCUT2D eigenvalue weighted by molar-refractivity contribution is -0.0836. The SMILES string of the molecule is ClC1(Cl)CCCC2C3CCCCC3C21. The molecule has 4 atom stereocenters. The van der Waals surface area contributed by atoms with Gasteiger partial charge < -0.3 is 0 Å². The van der Waals surface area contributed by atoms with Crippen molar-refractivity contribution in [3.05, 3.63) is 0 Å². The first-order valence-corrected chi connectivity index (χ1v) is 6.83. The molecule has 0 nitrogen and oxygen atoms in total. The molecule has 2 heteroatoms. The van der Waals surface area contributed by atoms with Gasteiger partial charge in [-0.25, -0.2) is 0 Å². The Morgan fingerprint density at radius 3 is 2.07 bits per heavy atom. The molecule has 0 radical (unpaired) electrons. The smallest absolute Gasteiger partial charge is 0.101 e. The van der Waals surface area contributed by atoms with Gasteiger partial charge in [0.25, 0.3) is 0 Å². The van der Waals surface area contributed by atoms with Gasteiger partial charge in [0.2, 0.25) is 0 Å². The first-order valence-electron chi connectivity index (χ1n) is 6.08. The van der Waals surface area contributed by atoms with Crippen LogP contribution in [-0.2, 0) is 0 Å². The van der Waals surface area contributed by atoms with E-state index in [9.17, 15) is 0 Å². The van der Waals surface area contributed by atoms with E-state index >= 15 is 0 Å². The second kappa shape index (κ2) is 3.28. The Balaban J connectivity index is 1.81. The lowest BCUT2D eigenvalue weighted by atomic mass is 9.48. The molecular weight excluding hydrogens is 215 g/mol. The molecule has 0 aliphatic heterocycles. The summed E-state index contributed by atoms with van der Waals surface area (Å²) in [6.45, 7) is 0. The Morgan fingerprint density at radius 2 is 1.36 bits per heavy atom. The Morgan fingerprint density at radius 1 is 0.786 bits per heavy atom. The van der Waals surface area contributed by atoms with Crippen molar-refractivity contribution in [1.29, 1.82) is 0 Å². The van der Waals surface area contributed by atoms with E-state index in [1.807, 2.05) is 0 Å². The molecule has 3 aliphatic carbocycles. The van der Waals surface area contributed by atoms with Crippen LogP contribution < -0.4 is 0 Å². The maximum Gasteiger partial charge on any atom is 0.121 e. The Kier molecular flexibility index (Phi) is 2.29. The molecule has 14 heavy (non-hydrogen) atoms. The second-order valence-corrected chi connectivity index (χ2v) is 7.00. The van der Waals surface area contributed by atoms with Gasteiger partial charge in [-0.1, -0.05) is 19.3 Å². The minimum Gasteiger partial charge on any atom is -0.101 e. The van der Waals surface area contributed by atoms with Gasteiger partial charge in [-0.2, -0.15) is 0 Å². The molecule has 0 bridgehead atoms. The van der Waals surface area contributed by atoms with E-state index in [-0.39, 0.29) is 4.33 Å². The molecule has 3 fully saturated rings. The Hall–Kier alpha value is 0.580.